The van der Waals surface area contributed by atoms with E-state index in [-0.39, 0.29) is 5.91 Å². The first-order chi connectivity index (χ1) is 9.76. The van der Waals surface area contributed by atoms with Crippen molar-refractivity contribution in [2.45, 2.75) is 19.4 Å². The van der Waals surface area contributed by atoms with E-state index in [9.17, 15) is 9.90 Å². The van der Waals surface area contributed by atoms with Crippen molar-refractivity contribution in [2.75, 3.05) is 38.5 Å². The van der Waals surface area contributed by atoms with Crippen molar-refractivity contribution in [1.29, 1.82) is 0 Å². The summed E-state index contributed by atoms with van der Waals surface area (Å²) in [5.41, 5.74) is 6.23. The summed E-state index contributed by atoms with van der Waals surface area (Å²) < 4.78 is 0.848. The molecule has 0 aliphatic carbocycles. The maximum atomic E-state index is 12.5. The lowest BCUT2D eigenvalue weighted by molar-refractivity contribution is 0.0179. The van der Waals surface area contributed by atoms with Gasteiger partial charge < -0.3 is 15.7 Å². The van der Waals surface area contributed by atoms with Crippen molar-refractivity contribution in [1.82, 2.24) is 9.80 Å². The number of carbonyl (C=O) groups is 1. The molecule has 116 valence electrons. The number of β-amino-alcohol motifs (C(OH)–C–C–N with tert-alkyl or cyclic N) is 1. The third-order valence-electron chi connectivity index (χ3n) is 3.52. The van der Waals surface area contributed by atoms with Gasteiger partial charge in [0.15, 0.2) is 0 Å². The highest BCUT2D eigenvalue weighted by Gasteiger charge is 2.26. The van der Waals surface area contributed by atoms with Gasteiger partial charge in [-0.1, -0.05) is 15.9 Å². The molecule has 1 amide bonds. The normalized spacial score (nSPS) is 17.0. The molecule has 2 rings (SSSR count). The van der Waals surface area contributed by atoms with Crippen LogP contribution in [0.25, 0.3) is 0 Å². The molecule has 1 saturated heterocycles. The molecule has 1 fully saturated rings. The van der Waals surface area contributed by atoms with Crippen molar-refractivity contribution in [2.24, 2.45) is 0 Å². The summed E-state index contributed by atoms with van der Waals surface area (Å²) in [7, 11) is 0. The van der Waals surface area contributed by atoms with Crippen molar-refractivity contribution in [3.05, 3.63) is 28.2 Å². The van der Waals surface area contributed by atoms with E-state index in [2.05, 4.69) is 20.8 Å². The SMILES string of the molecule is CC(C)(O)CN1CCN(C(=O)c2cc(Br)ccc2N)CC1. The van der Waals surface area contributed by atoms with Gasteiger partial charge in [0.2, 0.25) is 0 Å². The Morgan fingerprint density at radius 2 is 1.95 bits per heavy atom. The van der Waals surface area contributed by atoms with Crippen LogP contribution in [0, 0.1) is 0 Å². The summed E-state index contributed by atoms with van der Waals surface area (Å²) in [4.78, 5) is 16.5. The van der Waals surface area contributed by atoms with Gasteiger partial charge in [0.25, 0.3) is 5.91 Å². The molecule has 1 aliphatic rings. The Hall–Kier alpha value is -1.11. The Morgan fingerprint density at radius 1 is 1.33 bits per heavy atom. The second-order valence-corrected chi connectivity index (χ2v) is 7.03. The number of carbonyl (C=O) groups excluding carboxylic acids is 1. The average Bonchev–Trinajstić information content (AvgIpc) is 2.40. The van der Waals surface area contributed by atoms with E-state index in [4.69, 9.17) is 5.73 Å². The van der Waals surface area contributed by atoms with Crippen molar-refractivity contribution >= 4 is 27.5 Å². The molecule has 1 aromatic carbocycles. The third-order valence-corrected chi connectivity index (χ3v) is 4.01. The van der Waals surface area contributed by atoms with Gasteiger partial charge in [-0.05, 0) is 32.0 Å². The molecule has 1 aliphatic heterocycles. The zero-order valence-corrected chi connectivity index (χ0v) is 14.1. The number of aliphatic hydroxyl groups is 1. The smallest absolute Gasteiger partial charge is 0.256 e. The Balaban J connectivity index is 1.99. The molecule has 0 bridgehead atoms. The Kier molecular flexibility index (Phi) is 4.91. The number of amides is 1. The fourth-order valence-electron chi connectivity index (χ4n) is 2.54. The average molecular weight is 356 g/mol. The van der Waals surface area contributed by atoms with Crippen molar-refractivity contribution in [3.63, 3.8) is 0 Å². The molecule has 0 aromatic heterocycles. The van der Waals surface area contributed by atoms with Crippen LogP contribution in [0.15, 0.2) is 22.7 Å². The zero-order chi connectivity index (χ0) is 15.6. The number of benzene rings is 1. The van der Waals surface area contributed by atoms with E-state index < -0.39 is 5.60 Å². The first-order valence-electron chi connectivity index (χ1n) is 7.05. The molecule has 0 radical (unpaired) electrons. The summed E-state index contributed by atoms with van der Waals surface area (Å²) in [5.74, 6) is -0.0308. The lowest BCUT2D eigenvalue weighted by atomic mass is 10.1. The molecular formula is C15H22BrN3O2. The molecular weight excluding hydrogens is 334 g/mol. The molecule has 1 aromatic rings. The predicted molar refractivity (Wildman–Crippen MR) is 87.2 cm³/mol. The summed E-state index contributed by atoms with van der Waals surface area (Å²) in [6.45, 7) is 7.06. The van der Waals surface area contributed by atoms with Crippen LogP contribution in [0.4, 0.5) is 5.69 Å². The number of nitrogens with two attached hydrogens (primary N) is 1. The van der Waals surface area contributed by atoms with Gasteiger partial charge in [0.1, 0.15) is 0 Å². The summed E-state index contributed by atoms with van der Waals surface area (Å²) in [6, 6.07) is 5.33. The Morgan fingerprint density at radius 3 is 2.52 bits per heavy atom. The largest absolute Gasteiger partial charge is 0.398 e. The van der Waals surface area contributed by atoms with Gasteiger partial charge in [0.05, 0.1) is 11.2 Å². The van der Waals surface area contributed by atoms with Gasteiger partial charge >= 0.3 is 0 Å². The molecule has 0 atom stereocenters. The number of rotatable bonds is 3. The minimum Gasteiger partial charge on any atom is -0.398 e. The van der Waals surface area contributed by atoms with Crippen LogP contribution in [0.5, 0.6) is 0 Å². The fraction of sp³-hybridized carbons (Fsp3) is 0.533. The standard InChI is InChI=1S/C15H22BrN3O2/c1-15(2,21)10-18-5-7-19(8-6-18)14(20)12-9-11(16)3-4-13(12)17/h3-4,9,21H,5-8,10,17H2,1-2H3. The highest BCUT2D eigenvalue weighted by atomic mass is 79.9. The van der Waals surface area contributed by atoms with Crippen LogP contribution in [0.2, 0.25) is 0 Å². The molecule has 5 nitrogen and oxygen atoms in total. The van der Waals surface area contributed by atoms with Crippen LogP contribution in [-0.2, 0) is 0 Å². The van der Waals surface area contributed by atoms with Crippen LogP contribution < -0.4 is 5.73 Å². The third kappa shape index (κ3) is 4.43. The fourth-order valence-corrected chi connectivity index (χ4v) is 2.90. The van der Waals surface area contributed by atoms with Crippen LogP contribution in [0.3, 0.4) is 0 Å². The van der Waals surface area contributed by atoms with Gasteiger partial charge in [-0.15, -0.1) is 0 Å². The molecule has 3 N–H and O–H groups in total. The van der Waals surface area contributed by atoms with E-state index in [0.29, 0.717) is 30.9 Å². The molecule has 21 heavy (non-hydrogen) atoms. The van der Waals surface area contributed by atoms with E-state index >= 15 is 0 Å². The van der Waals surface area contributed by atoms with E-state index in [1.807, 2.05) is 11.0 Å². The lowest BCUT2D eigenvalue weighted by Gasteiger charge is -2.37. The second-order valence-electron chi connectivity index (χ2n) is 6.11. The van der Waals surface area contributed by atoms with E-state index in [1.165, 1.54) is 0 Å². The number of anilines is 1. The van der Waals surface area contributed by atoms with Gasteiger partial charge in [-0.25, -0.2) is 0 Å². The number of piperazine rings is 1. The molecule has 0 unspecified atom stereocenters. The Bertz CT molecular complexity index is 520. The Labute approximate surface area is 133 Å². The van der Waals surface area contributed by atoms with Gasteiger partial charge in [-0.3, -0.25) is 9.69 Å². The number of halogens is 1. The second kappa shape index (κ2) is 6.34. The van der Waals surface area contributed by atoms with Crippen LogP contribution in [-0.4, -0.2) is 59.1 Å². The lowest BCUT2D eigenvalue weighted by Crippen LogP contribution is -2.52. The highest BCUT2D eigenvalue weighted by Crippen LogP contribution is 2.21. The molecule has 0 spiro atoms. The zero-order valence-electron chi connectivity index (χ0n) is 12.5. The number of nitrogen functional groups attached to an aromatic ring is 1. The van der Waals surface area contributed by atoms with Crippen molar-refractivity contribution in [3.8, 4) is 0 Å². The minimum atomic E-state index is -0.707. The first-order valence-corrected chi connectivity index (χ1v) is 7.84. The van der Waals surface area contributed by atoms with Gasteiger partial charge in [-0.2, -0.15) is 0 Å². The minimum absolute atomic E-state index is 0.0308. The summed E-state index contributed by atoms with van der Waals surface area (Å²) >= 11 is 3.37. The summed E-state index contributed by atoms with van der Waals surface area (Å²) in [6.07, 6.45) is 0. The quantitative estimate of drug-likeness (QED) is 0.807. The first kappa shape index (κ1) is 16.3. The maximum Gasteiger partial charge on any atom is 0.256 e. The number of hydrogen-bond donors (Lipinski definition) is 2. The van der Waals surface area contributed by atoms with Gasteiger partial charge in [0, 0.05) is 42.9 Å². The van der Waals surface area contributed by atoms with E-state index in [0.717, 1.165) is 17.6 Å². The number of nitrogens with zero attached hydrogens (tertiary/aromatic N) is 2. The topological polar surface area (TPSA) is 69.8 Å². The van der Waals surface area contributed by atoms with Crippen molar-refractivity contribution < 1.29 is 9.90 Å². The summed E-state index contributed by atoms with van der Waals surface area (Å²) in [5, 5.41) is 9.85. The van der Waals surface area contributed by atoms with Crippen LogP contribution in [0.1, 0.15) is 24.2 Å². The predicted octanol–water partition coefficient (Wildman–Crippen LogP) is 1.56. The van der Waals surface area contributed by atoms with Crippen LogP contribution >= 0.6 is 15.9 Å². The molecule has 1 heterocycles. The maximum absolute atomic E-state index is 12.5. The molecule has 6 heteroatoms. The number of hydrogen-bond acceptors (Lipinski definition) is 4. The molecule has 0 saturated carbocycles. The van der Waals surface area contributed by atoms with E-state index in [1.54, 1.807) is 26.0 Å². The highest BCUT2D eigenvalue weighted by molar-refractivity contribution is 9.10. The monoisotopic (exact) mass is 355 g/mol.